The van der Waals surface area contributed by atoms with Gasteiger partial charge >= 0.3 is 0 Å². The molecule has 2 aromatic rings. The summed E-state index contributed by atoms with van der Waals surface area (Å²) in [6.45, 7) is 8.92. The number of hydrogen-bond donors (Lipinski definition) is 1. The monoisotopic (exact) mass is 386 g/mol. The number of anilines is 1. The molecule has 1 aliphatic heterocycles. The third kappa shape index (κ3) is 4.71. The molecule has 1 saturated heterocycles. The van der Waals surface area contributed by atoms with Crippen molar-refractivity contribution in [2.45, 2.75) is 32.7 Å². The van der Waals surface area contributed by atoms with Gasteiger partial charge in [0.25, 0.3) is 0 Å². The van der Waals surface area contributed by atoms with Crippen molar-refractivity contribution in [1.29, 1.82) is 0 Å². The largest absolute Gasteiger partial charge is 0.325 e. The second-order valence-corrected chi connectivity index (χ2v) is 8.79. The van der Waals surface area contributed by atoms with Crippen LogP contribution in [0.2, 0.25) is 0 Å². The summed E-state index contributed by atoms with van der Waals surface area (Å²) in [5, 5.41) is 3.09. The number of rotatable bonds is 5. The highest BCUT2D eigenvalue weighted by Crippen LogP contribution is 2.28. The highest BCUT2D eigenvalue weighted by Gasteiger charge is 2.30. The average molecular weight is 387 g/mol. The molecule has 1 amide bonds. The van der Waals surface area contributed by atoms with Gasteiger partial charge in [0, 0.05) is 36.8 Å². The van der Waals surface area contributed by atoms with Crippen LogP contribution in [0.25, 0.3) is 0 Å². The van der Waals surface area contributed by atoms with E-state index in [-0.39, 0.29) is 11.7 Å². The van der Waals surface area contributed by atoms with E-state index in [4.69, 9.17) is 0 Å². The molecule has 144 valence electrons. The van der Waals surface area contributed by atoms with E-state index in [9.17, 15) is 9.18 Å². The maximum atomic E-state index is 13.2. The van der Waals surface area contributed by atoms with Crippen LogP contribution in [-0.4, -0.2) is 35.4 Å². The number of thioether (sulfide) groups is 1. The minimum Gasteiger partial charge on any atom is -0.325 e. The lowest BCUT2D eigenvalue weighted by Gasteiger charge is -2.28. The maximum absolute atomic E-state index is 13.2. The van der Waals surface area contributed by atoms with E-state index in [1.807, 2.05) is 37.7 Å². The zero-order valence-electron chi connectivity index (χ0n) is 16.2. The van der Waals surface area contributed by atoms with Crippen molar-refractivity contribution in [2.75, 3.05) is 29.9 Å². The summed E-state index contributed by atoms with van der Waals surface area (Å²) in [7, 11) is 0. The van der Waals surface area contributed by atoms with E-state index in [0.29, 0.717) is 0 Å². The Morgan fingerprint density at radius 2 is 1.81 bits per heavy atom. The molecule has 1 aliphatic rings. The average Bonchev–Trinajstić information content (AvgIpc) is 2.66. The van der Waals surface area contributed by atoms with E-state index in [0.717, 1.165) is 36.4 Å². The minimum absolute atomic E-state index is 0.0938. The van der Waals surface area contributed by atoms with Gasteiger partial charge in [-0.2, -0.15) is 11.8 Å². The van der Waals surface area contributed by atoms with Gasteiger partial charge in [-0.3, -0.25) is 9.69 Å². The summed E-state index contributed by atoms with van der Waals surface area (Å²) in [6.07, 6.45) is 0. The van der Waals surface area contributed by atoms with Crippen LogP contribution < -0.4 is 5.32 Å². The Kier molecular flexibility index (Phi) is 6.22. The second-order valence-electron chi connectivity index (χ2n) is 7.56. The van der Waals surface area contributed by atoms with Crippen LogP contribution in [0.5, 0.6) is 0 Å². The molecule has 3 rings (SSSR count). The van der Waals surface area contributed by atoms with Gasteiger partial charge in [0.15, 0.2) is 0 Å². The first-order valence-electron chi connectivity index (χ1n) is 9.34. The molecule has 0 atom stereocenters. The fraction of sp³-hybridized carbons (Fsp3) is 0.409. The van der Waals surface area contributed by atoms with Crippen molar-refractivity contribution in [3.8, 4) is 0 Å². The zero-order valence-corrected chi connectivity index (χ0v) is 17.0. The van der Waals surface area contributed by atoms with Crippen molar-refractivity contribution in [2.24, 2.45) is 0 Å². The Balaban J connectivity index is 1.75. The van der Waals surface area contributed by atoms with E-state index < -0.39 is 5.41 Å². The van der Waals surface area contributed by atoms with Gasteiger partial charge in [0.1, 0.15) is 5.82 Å². The van der Waals surface area contributed by atoms with Crippen molar-refractivity contribution < 1.29 is 9.18 Å². The summed E-state index contributed by atoms with van der Waals surface area (Å²) >= 11 is 2.00. The molecule has 0 radical (unpaired) electrons. The molecule has 27 heavy (non-hydrogen) atoms. The van der Waals surface area contributed by atoms with Gasteiger partial charge in [-0.05, 0) is 55.7 Å². The molecule has 0 saturated carbocycles. The first-order chi connectivity index (χ1) is 12.9. The highest BCUT2D eigenvalue weighted by atomic mass is 32.2. The van der Waals surface area contributed by atoms with E-state index in [2.05, 4.69) is 23.2 Å². The molecule has 0 unspecified atom stereocenters. The summed E-state index contributed by atoms with van der Waals surface area (Å²) < 4.78 is 13.2. The Morgan fingerprint density at radius 3 is 2.48 bits per heavy atom. The Morgan fingerprint density at radius 1 is 1.15 bits per heavy atom. The fourth-order valence-electron chi connectivity index (χ4n) is 3.27. The van der Waals surface area contributed by atoms with Crippen LogP contribution in [0, 0.1) is 12.7 Å². The van der Waals surface area contributed by atoms with Crippen molar-refractivity contribution >= 4 is 23.4 Å². The summed E-state index contributed by atoms with van der Waals surface area (Å²) in [6, 6.07) is 12.2. The highest BCUT2D eigenvalue weighted by molar-refractivity contribution is 7.99. The lowest BCUT2D eigenvalue weighted by atomic mass is 9.83. The molecule has 0 spiro atoms. The summed E-state index contributed by atoms with van der Waals surface area (Å²) in [5.74, 6) is 1.97. The Hall–Kier alpha value is -1.85. The number of benzene rings is 2. The number of carbonyl (C=O) groups is 1. The quantitative estimate of drug-likeness (QED) is 0.815. The summed E-state index contributed by atoms with van der Waals surface area (Å²) in [4.78, 5) is 15.4. The lowest BCUT2D eigenvalue weighted by Crippen LogP contribution is -2.35. The number of nitrogens with zero attached hydrogens (tertiary/aromatic N) is 1. The van der Waals surface area contributed by atoms with Crippen LogP contribution in [0.3, 0.4) is 0 Å². The van der Waals surface area contributed by atoms with Gasteiger partial charge in [-0.25, -0.2) is 4.39 Å². The van der Waals surface area contributed by atoms with Gasteiger partial charge in [-0.15, -0.1) is 0 Å². The van der Waals surface area contributed by atoms with Crippen LogP contribution in [0.4, 0.5) is 10.1 Å². The van der Waals surface area contributed by atoms with Crippen molar-refractivity contribution in [3.63, 3.8) is 0 Å². The van der Waals surface area contributed by atoms with Gasteiger partial charge in [0.2, 0.25) is 5.91 Å². The number of halogens is 1. The van der Waals surface area contributed by atoms with Crippen LogP contribution in [0.1, 0.15) is 30.5 Å². The molecule has 3 nitrogen and oxygen atoms in total. The Labute approximate surface area is 165 Å². The molecule has 1 heterocycles. The molecule has 5 heteroatoms. The third-order valence-corrected chi connectivity index (χ3v) is 6.27. The van der Waals surface area contributed by atoms with Crippen molar-refractivity contribution in [1.82, 2.24) is 4.90 Å². The summed E-state index contributed by atoms with van der Waals surface area (Å²) in [5.41, 5.74) is 3.25. The van der Waals surface area contributed by atoms with E-state index in [1.54, 1.807) is 12.1 Å². The first kappa shape index (κ1) is 19.9. The van der Waals surface area contributed by atoms with Crippen LogP contribution >= 0.6 is 11.8 Å². The predicted molar refractivity (Wildman–Crippen MR) is 112 cm³/mol. The SMILES string of the molecule is Cc1c(CN2CCSCC2)cccc1NC(=O)C(C)(C)c1ccc(F)cc1. The molecule has 0 aliphatic carbocycles. The third-order valence-electron chi connectivity index (χ3n) is 5.33. The molecule has 2 aromatic carbocycles. The van der Waals surface area contributed by atoms with Gasteiger partial charge in [-0.1, -0.05) is 24.3 Å². The minimum atomic E-state index is -0.750. The molecular weight excluding hydrogens is 359 g/mol. The van der Waals surface area contributed by atoms with Gasteiger partial charge in [0.05, 0.1) is 5.41 Å². The van der Waals surface area contributed by atoms with Crippen molar-refractivity contribution in [3.05, 3.63) is 65.0 Å². The van der Waals surface area contributed by atoms with Crippen LogP contribution in [-0.2, 0) is 16.8 Å². The number of hydrogen-bond acceptors (Lipinski definition) is 3. The molecule has 0 aromatic heterocycles. The number of carbonyl (C=O) groups excluding carboxylic acids is 1. The second kappa shape index (κ2) is 8.44. The molecule has 1 N–H and O–H groups in total. The van der Waals surface area contributed by atoms with E-state index in [1.165, 1.54) is 29.2 Å². The number of amides is 1. The normalized spacial score (nSPS) is 15.6. The van der Waals surface area contributed by atoms with E-state index >= 15 is 0 Å². The Bertz CT molecular complexity index is 798. The smallest absolute Gasteiger partial charge is 0.234 e. The zero-order chi connectivity index (χ0) is 19.4. The van der Waals surface area contributed by atoms with Gasteiger partial charge < -0.3 is 5.32 Å². The van der Waals surface area contributed by atoms with Crippen LogP contribution in [0.15, 0.2) is 42.5 Å². The standard InChI is InChI=1S/C22H27FN2OS/c1-16-17(15-25-11-13-27-14-12-25)5-4-6-20(16)24-21(26)22(2,3)18-7-9-19(23)10-8-18/h4-10H,11-15H2,1-3H3,(H,24,26). The molecular formula is C22H27FN2OS. The number of nitrogens with one attached hydrogen (secondary N) is 1. The molecule has 1 fully saturated rings. The topological polar surface area (TPSA) is 32.3 Å². The fourth-order valence-corrected chi connectivity index (χ4v) is 4.25. The molecule has 0 bridgehead atoms. The predicted octanol–water partition coefficient (Wildman–Crippen LogP) is 4.60. The first-order valence-corrected chi connectivity index (χ1v) is 10.5. The maximum Gasteiger partial charge on any atom is 0.234 e. The lowest BCUT2D eigenvalue weighted by molar-refractivity contribution is -0.120.